The molecule has 4 heteroatoms. The summed E-state index contributed by atoms with van der Waals surface area (Å²) in [6.45, 7) is 3.90. The summed E-state index contributed by atoms with van der Waals surface area (Å²) < 4.78 is 0. The SMILES string of the molecule is CCC(NC(C)C(=O)NC1CC1)c1ccccc1O. The van der Waals surface area contributed by atoms with Crippen LogP contribution in [0.2, 0.25) is 0 Å². The number of phenolic OH excluding ortho intramolecular Hbond substituents is 1. The van der Waals surface area contributed by atoms with E-state index >= 15 is 0 Å². The zero-order chi connectivity index (χ0) is 13.8. The summed E-state index contributed by atoms with van der Waals surface area (Å²) in [6.07, 6.45) is 3.00. The van der Waals surface area contributed by atoms with Crippen LogP contribution in [0.1, 0.15) is 44.7 Å². The van der Waals surface area contributed by atoms with Gasteiger partial charge in [-0.3, -0.25) is 10.1 Å². The van der Waals surface area contributed by atoms with E-state index in [-0.39, 0.29) is 23.7 Å². The molecule has 0 aliphatic heterocycles. The predicted octanol–water partition coefficient (Wildman–Crippen LogP) is 2.10. The average Bonchev–Trinajstić information content (AvgIpc) is 3.20. The van der Waals surface area contributed by atoms with E-state index in [2.05, 4.69) is 10.6 Å². The largest absolute Gasteiger partial charge is 0.508 e. The monoisotopic (exact) mass is 262 g/mol. The summed E-state index contributed by atoms with van der Waals surface area (Å²) in [5.41, 5.74) is 0.844. The number of amides is 1. The maximum absolute atomic E-state index is 11.9. The minimum absolute atomic E-state index is 0.0128. The van der Waals surface area contributed by atoms with E-state index in [1.165, 1.54) is 0 Å². The third kappa shape index (κ3) is 3.70. The van der Waals surface area contributed by atoms with Gasteiger partial charge in [-0.15, -0.1) is 0 Å². The van der Waals surface area contributed by atoms with Gasteiger partial charge in [0.1, 0.15) is 5.75 Å². The Kier molecular flexibility index (Phi) is 4.43. The van der Waals surface area contributed by atoms with Gasteiger partial charge >= 0.3 is 0 Å². The molecule has 1 aliphatic carbocycles. The van der Waals surface area contributed by atoms with Crippen LogP contribution < -0.4 is 10.6 Å². The topological polar surface area (TPSA) is 61.4 Å². The van der Waals surface area contributed by atoms with E-state index < -0.39 is 0 Å². The Hall–Kier alpha value is -1.55. The number of hydrogen-bond donors (Lipinski definition) is 3. The van der Waals surface area contributed by atoms with Gasteiger partial charge in [0.25, 0.3) is 0 Å². The predicted molar refractivity (Wildman–Crippen MR) is 74.9 cm³/mol. The summed E-state index contributed by atoms with van der Waals surface area (Å²) in [7, 11) is 0. The molecule has 3 N–H and O–H groups in total. The molecule has 1 aromatic carbocycles. The molecular weight excluding hydrogens is 240 g/mol. The number of carbonyl (C=O) groups excluding carboxylic acids is 1. The Bertz CT molecular complexity index is 444. The number of rotatable bonds is 6. The van der Waals surface area contributed by atoms with Crippen molar-refractivity contribution in [3.8, 4) is 5.75 Å². The highest BCUT2D eigenvalue weighted by molar-refractivity contribution is 5.81. The highest BCUT2D eigenvalue weighted by Gasteiger charge is 2.26. The van der Waals surface area contributed by atoms with Gasteiger partial charge in [0.2, 0.25) is 5.91 Å². The molecule has 0 radical (unpaired) electrons. The summed E-state index contributed by atoms with van der Waals surface area (Å²) in [6, 6.07) is 7.37. The van der Waals surface area contributed by atoms with Crippen LogP contribution in [-0.4, -0.2) is 23.1 Å². The molecule has 104 valence electrons. The first-order valence-electron chi connectivity index (χ1n) is 6.96. The molecule has 1 amide bonds. The quantitative estimate of drug-likeness (QED) is 0.735. The van der Waals surface area contributed by atoms with E-state index in [0.29, 0.717) is 6.04 Å². The second kappa shape index (κ2) is 6.06. The van der Waals surface area contributed by atoms with Crippen molar-refractivity contribution < 1.29 is 9.90 Å². The molecule has 1 aromatic rings. The van der Waals surface area contributed by atoms with Gasteiger partial charge in [0.05, 0.1) is 6.04 Å². The fraction of sp³-hybridized carbons (Fsp3) is 0.533. The highest BCUT2D eigenvalue weighted by Crippen LogP contribution is 2.26. The van der Waals surface area contributed by atoms with Crippen molar-refractivity contribution in [2.75, 3.05) is 0 Å². The molecule has 1 fully saturated rings. The summed E-state index contributed by atoms with van der Waals surface area (Å²) in [5, 5.41) is 16.1. The minimum atomic E-state index is -0.259. The Morgan fingerprint density at radius 3 is 2.68 bits per heavy atom. The van der Waals surface area contributed by atoms with Crippen molar-refractivity contribution >= 4 is 5.91 Å². The minimum Gasteiger partial charge on any atom is -0.508 e. The van der Waals surface area contributed by atoms with Crippen molar-refractivity contribution in [2.45, 2.75) is 51.2 Å². The first-order chi connectivity index (χ1) is 9.11. The number of carbonyl (C=O) groups is 1. The number of phenols is 1. The summed E-state index contributed by atoms with van der Waals surface area (Å²) >= 11 is 0. The van der Waals surface area contributed by atoms with Gasteiger partial charge in [0.15, 0.2) is 0 Å². The molecule has 1 aliphatic rings. The Labute approximate surface area is 114 Å². The molecule has 0 aromatic heterocycles. The number of nitrogens with one attached hydrogen (secondary N) is 2. The molecule has 2 unspecified atom stereocenters. The van der Waals surface area contributed by atoms with E-state index in [0.717, 1.165) is 24.8 Å². The lowest BCUT2D eigenvalue weighted by Gasteiger charge is -2.23. The van der Waals surface area contributed by atoms with Crippen LogP contribution in [0.25, 0.3) is 0 Å². The molecular formula is C15H22N2O2. The molecule has 0 bridgehead atoms. The molecule has 19 heavy (non-hydrogen) atoms. The van der Waals surface area contributed by atoms with Gasteiger partial charge in [-0.05, 0) is 32.3 Å². The van der Waals surface area contributed by atoms with Crippen LogP contribution in [-0.2, 0) is 4.79 Å². The molecule has 2 atom stereocenters. The fourth-order valence-electron chi connectivity index (χ4n) is 2.14. The van der Waals surface area contributed by atoms with Crippen LogP contribution in [0.4, 0.5) is 0 Å². The number of aromatic hydroxyl groups is 1. The Morgan fingerprint density at radius 2 is 2.11 bits per heavy atom. The van der Waals surface area contributed by atoms with Gasteiger partial charge in [0, 0.05) is 17.6 Å². The fourth-order valence-corrected chi connectivity index (χ4v) is 2.14. The number of hydrogen-bond acceptors (Lipinski definition) is 3. The smallest absolute Gasteiger partial charge is 0.237 e. The normalized spacial score (nSPS) is 17.8. The van der Waals surface area contributed by atoms with Crippen molar-refractivity contribution in [2.24, 2.45) is 0 Å². The van der Waals surface area contributed by atoms with Crippen LogP contribution in [0.5, 0.6) is 5.75 Å². The van der Waals surface area contributed by atoms with Crippen LogP contribution in [0.3, 0.4) is 0 Å². The van der Waals surface area contributed by atoms with E-state index in [1.54, 1.807) is 12.1 Å². The lowest BCUT2D eigenvalue weighted by molar-refractivity contribution is -0.123. The van der Waals surface area contributed by atoms with E-state index in [4.69, 9.17) is 0 Å². The molecule has 1 saturated carbocycles. The molecule has 0 heterocycles. The first kappa shape index (κ1) is 13.9. The maximum Gasteiger partial charge on any atom is 0.237 e. The lowest BCUT2D eigenvalue weighted by Crippen LogP contribution is -2.44. The van der Waals surface area contributed by atoms with Gasteiger partial charge in [-0.25, -0.2) is 0 Å². The van der Waals surface area contributed by atoms with Crippen LogP contribution in [0, 0.1) is 0 Å². The molecule has 4 nitrogen and oxygen atoms in total. The molecule has 0 saturated heterocycles. The summed E-state index contributed by atoms with van der Waals surface area (Å²) in [5.74, 6) is 0.313. The first-order valence-corrected chi connectivity index (χ1v) is 6.96. The number of para-hydroxylation sites is 1. The Morgan fingerprint density at radius 1 is 1.42 bits per heavy atom. The maximum atomic E-state index is 11.9. The second-order valence-electron chi connectivity index (χ2n) is 5.19. The average molecular weight is 262 g/mol. The highest BCUT2D eigenvalue weighted by atomic mass is 16.3. The third-order valence-corrected chi connectivity index (χ3v) is 3.49. The Balaban J connectivity index is 1.98. The van der Waals surface area contributed by atoms with Crippen molar-refractivity contribution in [1.82, 2.24) is 10.6 Å². The van der Waals surface area contributed by atoms with Gasteiger partial charge in [-0.2, -0.15) is 0 Å². The van der Waals surface area contributed by atoms with Crippen LogP contribution in [0.15, 0.2) is 24.3 Å². The second-order valence-corrected chi connectivity index (χ2v) is 5.19. The van der Waals surface area contributed by atoms with Crippen molar-refractivity contribution in [1.29, 1.82) is 0 Å². The van der Waals surface area contributed by atoms with E-state index in [1.807, 2.05) is 26.0 Å². The summed E-state index contributed by atoms with van der Waals surface area (Å²) in [4.78, 5) is 11.9. The van der Waals surface area contributed by atoms with Crippen molar-refractivity contribution in [3.05, 3.63) is 29.8 Å². The van der Waals surface area contributed by atoms with Gasteiger partial charge in [-0.1, -0.05) is 25.1 Å². The van der Waals surface area contributed by atoms with Gasteiger partial charge < -0.3 is 10.4 Å². The lowest BCUT2D eigenvalue weighted by atomic mass is 10.0. The molecule has 0 spiro atoms. The van der Waals surface area contributed by atoms with E-state index in [9.17, 15) is 9.90 Å². The third-order valence-electron chi connectivity index (χ3n) is 3.49. The standard InChI is InChI=1S/C15H22N2O2/c1-3-13(12-6-4-5-7-14(12)18)16-10(2)15(19)17-11-8-9-11/h4-7,10-11,13,16,18H,3,8-9H2,1-2H3,(H,17,19). The van der Waals surface area contributed by atoms with Crippen molar-refractivity contribution in [3.63, 3.8) is 0 Å². The molecule has 2 rings (SSSR count). The zero-order valence-electron chi connectivity index (χ0n) is 11.5. The zero-order valence-corrected chi connectivity index (χ0v) is 11.5. The number of benzene rings is 1. The van der Waals surface area contributed by atoms with Crippen LogP contribution >= 0.6 is 0 Å².